The fraction of sp³-hybridized carbons (Fsp3) is 0.278. The lowest BCUT2D eigenvalue weighted by Crippen LogP contribution is -2.24. The van der Waals surface area contributed by atoms with Crippen LogP contribution in [0.5, 0.6) is 0 Å². The Labute approximate surface area is 167 Å². The molecular weight excluding hydrogens is 399 g/mol. The summed E-state index contributed by atoms with van der Waals surface area (Å²) in [6.07, 6.45) is 0.500. The molecule has 1 saturated heterocycles. The number of ether oxygens (including phenoxy) is 1. The van der Waals surface area contributed by atoms with Gasteiger partial charge in [-0.15, -0.1) is 11.3 Å². The molecule has 1 aliphatic heterocycles. The van der Waals surface area contributed by atoms with Crippen LogP contribution < -0.4 is 11.3 Å². The van der Waals surface area contributed by atoms with E-state index < -0.39 is 0 Å². The number of fused-ring (bicyclic) bond motifs is 1. The van der Waals surface area contributed by atoms with Gasteiger partial charge in [-0.2, -0.15) is 9.97 Å². The number of thiazole rings is 1. The molecule has 0 aliphatic carbocycles. The summed E-state index contributed by atoms with van der Waals surface area (Å²) >= 11 is 1.20. The van der Waals surface area contributed by atoms with Gasteiger partial charge in [0.1, 0.15) is 17.1 Å². The number of rotatable bonds is 4. The van der Waals surface area contributed by atoms with Crippen LogP contribution in [-0.4, -0.2) is 31.3 Å². The van der Waals surface area contributed by atoms with E-state index in [0.29, 0.717) is 29.2 Å². The number of nitrogens with zero attached hydrogens (tertiary/aromatic N) is 5. The first-order valence-electron chi connectivity index (χ1n) is 8.87. The zero-order chi connectivity index (χ0) is 20.0. The minimum atomic E-state index is -0.296. The molecule has 2 N–H and O–H groups in total. The van der Waals surface area contributed by atoms with E-state index >= 15 is 0 Å². The SMILES string of the molecule is Nc1nc2ncsc2c(=O)n1Cc1nc([C@@H]2CO[C@@H](c3ccc(F)cc3)C2)no1. The van der Waals surface area contributed by atoms with Crippen LogP contribution in [0.1, 0.15) is 35.7 Å². The second kappa shape index (κ2) is 7.01. The number of benzene rings is 1. The molecule has 1 aromatic carbocycles. The van der Waals surface area contributed by atoms with Crippen molar-refractivity contribution >= 4 is 27.6 Å². The number of hydrogen-bond donors (Lipinski definition) is 1. The van der Waals surface area contributed by atoms with E-state index in [-0.39, 0.29) is 41.8 Å². The van der Waals surface area contributed by atoms with Crippen molar-refractivity contribution in [2.75, 3.05) is 12.3 Å². The largest absolute Gasteiger partial charge is 0.373 e. The molecule has 1 aliphatic rings. The highest BCUT2D eigenvalue weighted by atomic mass is 32.1. The van der Waals surface area contributed by atoms with Crippen molar-refractivity contribution in [1.29, 1.82) is 0 Å². The van der Waals surface area contributed by atoms with Crippen LogP contribution in [-0.2, 0) is 11.3 Å². The second-order valence-electron chi connectivity index (χ2n) is 6.72. The Bertz CT molecular complexity index is 1230. The maximum atomic E-state index is 13.1. The molecule has 0 bridgehead atoms. The topological polar surface area (TPSA) is 122 Å². The van der Waals surface area contributed by atoms with Gasteiger partial charge in [0.15, 0.2) is 11.5 Å². The summed E-state index contributed by atoms with van der Waals surface area (Å²) in [6.45, 7) is 0.449. The fourth-order valence-electron chi connectivity index (χ4n) is 3.36. The molecular formula is C18H15FN6O3S. The summed E-state index contributed by atoms with van der Waals surface area (Å²) in [5.41, 5.74) is 8.38. The lowest BCUT2D eigenvalue weighted by molar-refractivity contribution is 0.110. The van der Waals surface area contributed by atoms with Crippen molar-refractivity contribution in [1.82, 2.24) is 24.7 Å². The Kier molecular flexibility index (Phi) is 4.32. The molecule has 0 radical (unpaired) electrons. The van der Waals surface area contributed by atoms with Crippen LogP contribution in [0.4, 0.5) is 10.3 Å². The standard InChI is InChI=1S/C18H15FN6O3S/c19-11-3-1-9(2-4-11)12-5-10(7-27-12)15-22-13(28-24-15)6-25-17(26)14-16(21-8-29-14)23-18(25)20/h1-4,8,10,12H,5-7H2,(H2,20,23)/t10-,12+/m0/s1. The Balaban J connectivity index is 1.34. The van der Waals surface area contributed by atoms with Crippen LogP contribution in [0.15, 0.2) is 39.1 Å². The van der Waals surface area contributed by atoms with Crippen LogP contribution in [0.3, 0.4) is 0 Å². The van der Waals surface area contributed by atoms with E-state index in [0.717, 1.165) is 5.56 Å². The van der Waals surface area contributed by atoms with E-state index in [2.05, 4.69) is 20.1 Å². The maximum Gasteiger partial charge on any atom is 0.275 e. The highest BCUT2D eigenvalue weighted by Gasteiger charge is 2.31. The molecule has 0 unspecified atom stereocenters. The van der Waals surface area contributed by atoms with Gasteiger partial charge in [-0.1, -0.05) is 17.3 Å². The van der Waals surface area contributed by atoms with Crippen LogP contribution in [0, 0.1) is 5.82 Å². The molecule has 148 valence electrons. The van der Waals surface area contributed by atoms with Gasteiger partial charge in [0.05, 0.1) is 18.2 Å². The summed E-state index contributed by atoms with van der Waals surface area (Å²) in [5.74, 6) is 0.451. The lowest BCUT2D eigenvalue weighted by atomic mass is 10.00. The van der Waals surface area contributed by atoms with Crippen molar-refractivity contribution < 1.29 is 13.7 Å². The third kappa shape index (κ3) is 3.28. The first kappa shape index (κ1) is 17.9. The first-order valence-corrected chi connectivity index (χ1v) is 9.75. The Hall–Kier alpha value is -3.18. The Morgan fingerprint density at radius 2 is 2.10 bits per heavy atom. The summed E-state index contributed by atoms with van der Waals surface area (Å²) in [4.78, 5) is 25.1. The molecule has 4 aromatic rings. The average Bonchev–Trinajstić information content (AvgIpc) is 3.45. The number of anilines is 1. The monoisotopic (exact) mass is 414 g/mol. The summed E-state index contributed by atoms with van der Waals surface area (Å²) < 4.78 is 25.9. The lowest BCUT2D eigenvalue weighted by Gasteiger charge is -2.08. The van der Waals surface area contributed by atoms with E-state index in [1.54, 1.807) is 17.6 Å². The minimum absolute atomic E-state index is 0.0213. The number of nitrogen functional groups attached to an aromatic ring is 1. The fourth-order valence-corrected chi connectivity index (χ4v) is 4.04. The van der Waals surface area contributed by atoms with Crippen LogP contribution in [0.25, 0.3) is 10.3 Å². The first-order chi connectivity index (χ1) is 14.1. The highest BCUT2D eigenvalue weighted by Crippen LogP contribution is 2.37. The van der Waals surface area contributed by atoms with Crippen molar-refractivity contribution in [3.63, 3.8) is 0 Å². The van der Waals surface area contributed by atoms with Gasteiger partial charge >= 0.3 is 0 Å². The Morgan fingerprint density at radius 3 is 2.93 bits per heavy atom. The number of halogens is 1. The molecule has 0 amide bonds. The van der Waals surface area contributed by atoms with Gasteiger partial charge in [0, 0.05) is 5.92 Å². The van der Waals surface area contributed by atoms with Gasteiger partial charge in [-0.25, -0.2) is 9.37 Å². The van der Waals surface area contributed by atoms with Gasteiger partial charge in [0.2, 0.25) is 11.8 Å². The molecule has 4 heterocycles. The third-order valence-corrected chi connectivity index (χ3v) is 5.67. The van der Waals surface area contributed by atoms with Crippen molar-refractivity contribution in [3.05, 3.63) is 63.2 Å². The molecule has 9 nitrogen and oxygen atoms in total. The van der Waals surface area contributed by atoms with Crippen molar-refractivity contribution in [2.45, 2.75) is 25.0 Å². The Morgan fingerprint density at radius 1 is 1.28 bits per heavy atom. The van der Waals surface area contributed by atoms with Gasteiger partial charge in [0.25, 0.3) is 5.56 Å². The smallest absolute Gasteiger partial charge is 0.275 e. The van der Waals surface area contributed by atoms with Crippen molar-refractivity contribution in [2.24, 2.45) is 0 Å². The quantitative estimate of drug-likeness (QED) is 0.540. The molecule has 29 heavy (non-hydrogen) atoms. The molecule has 0 saturated carbocycles. The maximum absolute atomic E-state index is 13.1. The van der Waals surface area contributed by atoms with E-state index in [4.69, 9.17) is 15.0 Å². The predicted octanol–water partition coefficient (Wildman–Crippen LogP) is 2.25. The molecule has 5 rings (SSSR count). The van der Waals surface area contributed by atoms with E-state index in [1.165, 1.54) is 28.0 Å². The van der Waals surface area contributed by atoms with Gasteiger partial charge < -0.3 is 15.0 Å². The summed E-state index contributed by atoms with van der Waals surface area (Å²) in [5, 5.41) is 4.04. The zero-order valence-electron chi connectivity index (χ0n) is 15.0. The summed E-state index contributed by atoms with van der Waals surface area (Å²) in [7, 11) is 0. The zero-order valence-corrected chi connectivity index (χ0v) is 15.8. The van der Waals surface area contributed by atoms with Crippen molar-refractivity contribution in [3.8, 4) is 0 Å². The van der Waals surface area contributed by atoms with Crippen LogP contribution >= 0.6 is 11.3 Å². The number of aromatic nitrogens is 5. The molecule has 1 fully saturated rings. The van der Waals surface area contributed by atoms with Gasteiger partial charge in [-0.05, 0) is 24.1 Å². The van der Waals surface area contributed by atoms with E-state index in [1.807, 2.05) is 0 Å². The predicted molar refractivity (Wildman–Crippen MR) is 102 cm³/mol. The third-order valence-electron chi connectivity index (χ3n) is 4.87. The second-order valence-corrected chi connectivity index (χ2v) is 7.57. The van der Waals surface area contributed by atoms with Gasteiger partial charge in [-0.3, -0.25) is 9.36 Å². The number of hydrogen-bond acceptors (Lipinski definition) is 9. The molecule has 2 atom stereocenters. The highest BCUT2D eigenvalue weighted by molar-refractivity contribution is 7.16. The minimum Gasteiger partial charge on any atom is -0.373 e. The molecule has 3 aromatic heterocycles. The summed E-state index contributed by atoms with van der Waals surface area (Å²) in [6, 6.07) is 6.24. The average molecular weight is 414 g/mol. The molecule has 11 heteroatoms. The normalized spacial score (nSPS) is 19.2. The molecule has 0 spiro atoms. The number of nitrogens with two attached hydrogens (primary N) is 1. The van der Waals surface area contributed by atoms with E-state index in [9.17, 15) is 9.18 Å². The van der Waals surface area contributed by atoms with Crippen LogP contribution in [0.2, 0.25) is 0 Å².